The van der Waals surface area contributed by atoms with E-state index in [1.165, 1.54) is 0 Å². The number of carbonyl (C=O) groups excluding carboxylic acids is 1. The van der Waals surface area contributed by atoms with Crippen LogP contribution in [0, 0.1) is 0 Å². The lowest BCUT2D eigenvalue weighted by atomic mass is 10.1. The summed E-state index contributed by atoms with van der Waals surface area (Å²) in [7, 11) is 0. The summed E-state index contributed by atoms with van der Waals surface area (Å²) in [4.78, 5) is 11.5. The van der Waals surface area contributed by atoms with E-state index in [0.29, 0.717) is 13.0 Å². The quantitative estimate of drug-likeness (QED) is 0.892. The van der Waals surface area contributed by atoms with Crippen LogP contribution in [0.25, 0.3) is 0 Å². The fourth-order valence-electron chi connectivity index (χ4n) is 1.22. The van der Waals surface area contributed by atoms with Crippen LogP contribution in [0.4, 0.5) is 0 Å². The van der Waals surface area contributed by atoms with E-state index in [2.05, 4.69) is 21.2 Å². The summed E-state index contributed by atoms with van der Waals surface area (Å²) in [5, 5.41) is 2.82. The fourth-order valence-corrected chi connectivity index (χ4v) is 1.66. The van der Waals surface area contributed by atoms with Gasteiger partial charge in [0.2, 0.25) is 5.91 Å². The summed E-state index contributed by atoms with van der Waals surface area (Å²) in [6, 6.07) is 7.75. The van der Waals surface area contributed by atoms with Gasteiger partial charge in [-0.25, -0.2) is 0 Å². The Labute approximate surface area is 110 Å². The molecule has 90 valence electrons. The third kappa shape index (κ3) is 5.49. The highest BCUT2D eigenvalue weighted by Gasteiger charge is 2.06. The lowest BCUT2D eigenvalue weighted by Gasteiger charge is -2.11. The molecule has 0 aliphatic heterocycles. The Hall–Kier alpha value is -0.580. The molecule has 0 saturated carbocycles. The van der Waals surface area contributed by atoms with Gasteiger partial charge in [0.15, 0.2) is 0 Å². The lowest BCUT2D eigenvalue weighted by Crippen LogP contribution is -2.38. The van der Waals surface area contributed by atoms with Crippen molar-refractivity contribution in [2.24, 2.45) is 5.73 Å². The Morgan fingerprint density at radius 2 is 2.25 bits per heavy atom. The molecule has 0 heterocycles. The number of benzene rings is 1. The van der Waals surface area contributed by atoms with Crippen LogP contribution in [0.15, 0.2) is 28.7 Å². The minimum atomic E-state index is 0. The molecule has 0 aromatic heterocycles. The second kappa shape index (κ2) is 7.65. The van der Waals surface area contributed by atoms with Gasteiger partial charge in [-0.3, -0.25) is 4.79 Å². The van der Waals surface area contributed by atoms with Crippen LogP contribution in [0.2, 0.25) is 0 Å². The van der Waals surface area contributed by atoms with E-state index in [9.17, 15) is 4.79 Å². The summed E-state index contributed by atoms with van der Waals surface area (Å²) in [6.07, 6.45) is 0.393. The van der Waals surface area contributed by atoms with Gasteiger partial charge >= 0.3 is 0 Å². The summed E-state index contributed by atoms with van der Waals surface area (Å²) in [5.74, 6) is 0.00560. The Bertz CT molecular complexity index is 347. The average molecular weight is 308 g/mol. The molecule has 0 unspecified atom stereocenters. The maximum absolute atomic E-state index is 11.5. The first-order valence-electron chi connectivity index (χ1n) is 4.85. The number of nitrogens with one attached hydrogen (secondary N) is 1. The van der Waals surface area contributed by atoms with Crippen LogP contribution in [0.1, 0.15) is 12.5 Å². The lowest BCUT2D eigenvalue weighted by molar-refractivity contribution is -0.120. The van der Waals surface area contributed by atoms with E-state index in [1.807, 2.05) is 31.2 Å². The van der Waals surface area contributed by atoms with Crippen molar-refractivity contribution in [3.05, 3.63) is 34.3 Å². The molecule has 1 atom stereocenters. The molecule has 3 N–H and O–H groups in total. The molecular weight excluding hydrogens is 291 g/mol. The van der Waals surface area contributed by atoms with Crippen LogP contribution < -0.4 is 11.1 Å². The summed E-state index contributed by atoms with van der Waals surface area (Å²) < 4.78 is 0.986. The molecule has 1 amide bonds. The average Bonchev–Trinajstić information content (AvgIpc) is 2.17. The molecule has 0 spiro atoms. The van der Waals surface area contributed by atoms with Crippen molar-refractivity contribution >= 4 is 34.2 Å². The first kappa shape index (κ1) is 15.4. The summed E-state index contributed by atoms with van der Waals surface area (Å²) >= 11 is 3.36. The highest BCUT2D eigenvalue weighted by atomic mass is 79.9. The minimum Gasteiger partial charge on any atom is -0.352 e. The molecule has 0 aliphatic rings. The minimum absolute atomic E-state index is 0. The third-order valence-corrected chi connectivity index (χ3v) is 2.51. The van der Waals surface area contributed by atoms with Crippen LogP contribution in [-0.4, -0.2) is 18.5 Å². The molecule has 1 aromatic rings. The molecular formula is C11H16BrClN2O. The second-order valence-corrected chi connectivity index (χ2v) is 4.43. The zero-order valence-electron chi connectivity index (χ0n) is 9.07. The van der Waals surface area contributed by atoms with Gasteiger partial charge in [0.1, 0.15) is 0 Å². The third-order valence-electron chi connectivity index (χ3n) is 2.01. The number of halogens is 2. The van der Waals surface area contributed by atoms with E-state index in [0.717, 1.165) is 10.0 Å². The van der Waals surface area contributed by atoms with Gasteiger partial charge in [-0.1, -0.05) is 28.1 Å². The molecule has 5 heteroatoms. The fraction of sp³-hybridized carbons (Fsp3) is 0.364. The highest BCUT2D eigenvalue weighted by Crippen LogP contribution is 2.11. The topological polar surface area (TPSA) is 55.1 Å². The van der Waals surface area contributed by atoms with Crippen molar-refractivity contribution < 1.29 is 4.79 Å². The standard InChI is InChI=1S/C11H15BrN2O.ClH/c1-8(7-13)14-11(15)6-9-3-2-4-10(12)5-9;/h2-5,8H,6-7,13H2,1H3,(H,14,15);1H/t8-;/m0./s1. The molecule has 3 nitrogen and oxygen atoms in total. The van der Waals surface area contributed by atoms with E-state index in [1.54, 1.807) is 0 Å². The molecule has 0 radical (unpaired) electrons. The largest absolute Gasteiger partial charge is 0.352 e. The summed E-state index contributed by atoms with van der Waals surface area (Å²) in [6.45, 7) is 2.35. The van der Waals surface area contributed by atoms with Crippen molar-refractivity contribution in [1.82, 2.24) is 5.32 Å². The van der Waals surface area contributed by atoms with Crippen molar-refractivity contribution in [3.63, 3.8) is 0 Å². The Balaban J connectivity index is 0.00000225. The van der Waals surface area contributed by atoms with Crippen molar-refractivity contribution in [1.29, 1.82) is 0 Å². The maximum Gasteiger partial charge on any atom is 0.224 e. The molecule has 0 aliphatic carbocycles. The number of hydrogen-bond donors (Lipinski definition) is 2. The van der Waals surface area contributed by atoms with E-state index < -0.39 is 0 Å². The van der Waals surface area contributed by atoms with Crippen molar-refractivity contribution in [2.75, 3.05) is 6.54 Å². The van der Waals surface area contributed by atoms with Gasteiger partial charge in [0.25, 0.3) is 0 Å². The van der Waals surface area contributed by atoms with Gasteiger partial charge < -0.3 is 11.1 Å². The van der Waals surface area contributed by atoms with Gasteiger partial charge in [-0.05, 0) is 24.6 Å². The van der Waals surface area contributed by atoms with E-state index in [-0.39, 0.29) is 24.4 Å². The van der Waals surface area contributed by atoms with Gasteiger partial charge in [0.05, 0.1) is 6.42 Å². The van der Waals surface area contributed by atoms with E-state index in [4.69, 9.17) is 5.73 Å². The Kier molecular flexibility index (Phi) is 7.38. The van der Waals surface area contributed by atoms with Gasteiger partial charge in [-0.2, -0.15) is 0 Å². The predicted octanol–water partition coefficient (Wildman–Crippen LogP) is 1.88. The molecule has 1 rings (SSSR count). The molecule has 16 heavy (non-hydrogen) atoms. The predicted molar refractivity (Wildman–Crippen MR) is 71.8 cm³/mol. The number of rotatable bonds is 4. The first-order valence-corrected chi connectivity index (χ1v) is 5.65. The zero-order valence-corrected chi connectivity index (χ0v) is 11.5. The maximum atomic E-state index is 11.5. The highest BCUT2D eigenvalue weighted by molar-refractivity contribution is 9.10. The first-order chi connectivity index (χ1) is 7.11. The molecule has 0 fully saturated rings. The van der Waals surface area contributed by atoms with E-state index >= 15 is 0 Å². The monoisotopic (exact) mass is 306 g/mol. The normalized spacial score (nSPS) is 11.4. The number of carbonyl (C=O) groups is 1. The van der Waals surface area contributed by atoms with Crippen LogP contribution in [-0.2, 0) is 11.2 Å². The second-order valence-electron chi connectivity index (χ2n) is 3.51. The molecule has 1 aromatic carbocycles. The van der Waals surface area contributed by atoms with Gasteiger partial charge in [-0.15, -0.1) is 12.4 Å². The smallest absolute Gasteiger partial charge is 0.224 e. The SMILES string of the molecule is C[C@@H](CN)NC(=O)Cc1cccc(Br)c1.Cl. The van der Waals surface area contributed by atoms with Crippen LogP contribution in [0.5, 0.6) is 0 Å². The number of hydrogen-bond acceptors (Lipinski definition) is 2. The number of amides is 1. The molecule has 0 bridgehead atoms. The Morgan fingerprint density at radius 3 is 2.81 bits per heavy atom. The van der Waals surface area contributed by atoms with Gasteiger partial charge in [0, 0.05) is 17.1 Å². The molecule has 0 saturated heterocycles. The van der Waals surface area contributed by atoms with Crippen LogP contribution in [0.3, 0.4) is 0 Å². The summed E-state index contributed by atoms with van der Waals surface area (Å²) in [5.41, 5.74) is 6.41. The van der Waals surface area contributed by atoms with Crippen LogP contribution >= 0.6 is 28.3 Å². The number of nitrogens with two attached hydrogens (primary N) is 1. The zero-order chi connectivity index (χ0) is 11.3. The van der Waals surface area contributed by atoms with Crippen molar-refractivity contribution in [2.45, 2.75) is 19.4 Å². The Morgan fingerprint density at radius 1 is 1.56 bits per heavy atom. The van der Waals surface area contributed by atoms with Crippen molar-refractivity contribution in [3.8, 4) is 0 Å².